The molecule has 0 amide bonds. The third-order valence-electron chi connectivity index (χ3n) is 3.14. The maximum Gasteiger partial charge on any atom is 0.140 e. The summed E-state index contributed by atoms with van der Waals surface area (Å²) in [5, 5.41) is 0. The lowest BCUT2D eigenvalue weighted by molar-refractivity contribution is -0.120. The van der Waals surface area contributed by atoms with Crippen LogP contribution >= 0.6 is 15.9 Å². The van der Waals surface area contributed by atoms with Crippen molar-refractivity contribution < 1.29 is 9.18 Å². The summed E-state index contributed by atoms with van der Waals surface area (Å²) in [4.78, 5) is 11.9. The van der Waals surface area contributed by atoms with E-state index in [1.165, 1.54) is 6.07 Å². The van der Waals surface area contributed by atoms with E-state index >= 15 is 0 Å². The van der Waals surface area contributed by atoms with Crippen LogP contribution in [0.25, 0.3) is 0 Å². The maximum absolute atomic E-state index is 13.7. The summed E-state index contributed by atoms with van der Waals surface area (Å²) in [5.74, 6) is -0.307. The van der Waals surface area contributed by atoms with Crippen molar-refractivity contribution in [3.63, 3.8) is 0 Å². The summed E-state index contributed by atoms with van der Waals surface area (Å²) < 4.78 is 14.5. The Morgan fingerprint density at radius 1 is 1.25 bits per heavy atom. The minimum Gasteiger partial charge on any atom is -0.299 e. The van der Waals surface area contributed by atoms with Gasteiger partial charge in [-0.15, -0.1) is 0 Å². The van der Waals surface area contributed by atoms with Gasteiger partial charge in [0.25, 0.3) is 0 Å². The lowest BCUT2D eigenvalue weighted by atomic mass is 9.90. The van der Waals surface area contributed by atoms with Gasteiger partial charge in [0.1, 0.15) is 11.6 Å². The Labute approximate surface area is 103 Å². The van der Waals surface area contributed by atoms with Gasteiger partial charge >= 0.3 is 0 Å². The molecule has 0 N–H and O–H groups in total. The number of hydrogen-bond acceptors (Lipinski definition) is 1. The van der Waals surface area contributed by atoms with Crippen LogP contribution in [0.4, 0.5) is 4.39 Å². The van der Waals surface area contributed by atoms with Crippen molar-refractivity contribution >= 4 is 21.7 Å². The third kappa shape index (κ3) is 2.51. The molecule has 0 saturated heterocycles. The molecule has 0 radical (unpaired) electrons. The first-order valence-electron chi connectivity index (χ1n) is 5.66. The fourth-order valence-corrected chi connectivity index (χ4v) is 2.65. The predicted octanol–water partition coefficient (Wildman–Crippen LogP) is 4.21. The molecule has 0 bridgehead atoms. The molecular weight excluding hydrogens is 271 g/mol. The smallest absolute Gasteiger partial charge is 0.140 e. The van der Waals surface area contributed by atoms with Crippen molar-refractivity contribution in [3.05, 3.63) is 34.1 Å². The predicted molar refractivity (Wildman–Crippen MR) is 64.9 cm³/mol. The van der Waals surface area contributed by atoms with Gasteiger partial charge in [-0.05, 0) is 36.6 Å². The average molecular weight is 285 g/mol. The van der Waals surface area contributed by atoms with Gasteiger partial charge in [0, 0.05) is 16.8 Å². The Bertz CT molecular complexity index is 403. The molecule has 1 unspecified atom stereocenters. The Morgan fingerprint density at radius 3 is 2.88 bits per heavy atom. The highest BCUT2D eigenvalue weighted by molar-refractivity contribution is 9.10. The topological polar surface area (TPSA) is 17.1 Å². The zero-order valence-corrected chi connectivity index (χ0v) is 10.6. The quantitative estimate of drug-likeness (QED) is 0.706. The summed E-state index contributed by atoms with van der Waals surface area (Å²) in [5.41, 5.74) is 0.557. The van der Waals surface area contributed by atoms with Crippen LogP contribution < -0.4 is 0 Å². The van der Waals surface area contributed by atoms with Gasteiger partial charge < -0.3 is 0 Å². The van der Waals surface area contributed by atoms with Gasteiger partial charge in [-0.3, -0.25) is 4.79 Å². The van der Waals surface area contributed by atoms with Crippen molar-refractivity contribution in [2.24, 2.45) is 0 Å². The molecule has 1 fully saturated rings. The zero-order valence-electron chi connectivity index (χ0n) is 9.01. The van der Waals surface area contributed by atoms with E-state index in [1.807, 2.05) is 0 Å². The molecule has 16 heavy (non-hydrogen) atoms. The van der Waals surface area contributed by atoms with Crippen LogP contribution in [-0.4, -0.2) is 5.78 Å². The molecular formula is C13H14BrFO. The van der Waals surface area contributed by atoms with Gasteiger partial charge in [-0.2, -0.15) is 0 Å². The van der Waals surface area contributed by atoms with E-state index in [9.17, 15) is 9.18 Å². The van der Waals surface area contributed by atoms with Gasteiger partial charge in [-0.25, -0.2) is 4.39 Å². The van der Waals surface area contributed by atoms with E-state index in [4.69, 9.17) is 0 Å². The van der Waals surface area contributed by atoms with Gasteiger partial charge in [0.05, 0.1) is 0 Å². The first kappa shape index (κ1) is 11.8. The number of halogens is 2. The van der Waals surface area contributed by atoms with E-state index in [1.54, 1.807) is 12.1 Å². The summed E-state index contributed by atoms with van der Waals surface area (Å²) in [6.07, 6.45) is 4.42. The fourth-order valence-electron chi connectivity index (χ4n) is 2.27. The molecule has 0 spiro atoms. The van der Waals surface area contributed by atoms with Crippen molar-refractivity contribution in [2.75, 3.05) is 0 Å². The highest BCUT2D eigenvalue weighted by Gasteiger charge is 2.24. The molecule has 1 aliphatic rings. The zero-order chi connectivity index (χ0) is 11.5. The average Bonchev–Trinajstić information content (AvgIpc) is 2.47. The summed E-state index contributed by atoms with van der Waals surface area (Å²) in [6.45, 7) is 0. The Hall–Kier alpha value is -0.700. The summed E-state index contributed by atoms with van der Waals surface area (Å²) in [6, 6.07) is 4.83. The lowest BCUT2D eigenvalue weighted by Gasteiger charge is -2.14. The highest BCUT2D eigenvalue weighted by atomic mass is 79.9. The molecule has 1 saturated carbocycles. The molecule has 1 aromatic carbocycles. The van der Waals surface area contributed by atoms with E-state index in [-0.39, 0.29) is 17.5 Å². The summed E-state index contributed by atoms with van der Waals surface area (Å²) in [7, 11) is 0. The van der Waals surface area contributed by atoms with E-state index in [2.05, 4.69) is 15.9 Å². The molecule has 1 aromatic rings. The minimum atomic E-state index is -0.261. The van der Waals surface area contributed by atoms with Crippen LogP contribution in [0.5, 0.6) is 0 Å². The molecule has 86 valence electrons. The van der Waals surface area contributed by atoms with E-state index in [0.717, 1.165) is 30.2 Å². The van der Waals surface area contributed by atoms with E-state index < -0.39 is 0 Å². The third-order valence-corrected chi connectivity index (χ3v) is 3.63. The lowest BCUT2D eigenvalue weighted by Crippen LogP contribution is -2.12. The highest BCUT2D eigenvalue weighted by Crippen LogP contribution is 2.32. The van der Waals surface area contributed by atoms with Crippen LogP contribution in [0.2, 0.25) is 0 Å². The second-order valence-electron chi connectivity index (χ2n) is 4.28. The number of carbonyl (C=O) groups is 1. The molecule has 1 aliphatic carbocycles. The Balaban J connectivity index is 2.33. The molecule has 1 nitrogen and oxygen atoms in total. The largest absolute Gasteiger partial charge is 0.299 e. The van der Waals surface area contributed by atoms with Crippen molar-refractivity contribution in [1.29, 1.82) is 0 Å². The van der Waals surface area contributed by atoms with Gasteiger partial charge in [-0.1, -0.05) is 28.8 Å². The van der Waals surface area contributed by atoms with Crippen LogP contribution in [0.1, 0.15) is 43.6 Å². The van der Waals surface area contributed by atoms with Crippen LogP contribution in [-0.2, 0) is 4.79 Å². The number of Topliss-reactive ketones (excluding diaryl/α,β-unsaturated/α-hetero) is 1. The molecule has 2 rings (SSSR count). The molecule has 3 heteroatoms. The fraction of sp³-hybridized carbons (Fsp3) is 0.462. The monoisotopic (exact) mass is 284 g/mol. The summed E-state index contributed by atoms with van der Waals surface area (Å²) >= 11 is 3.32. The first-order chi connectivity index (χ1) is 7.68. The Morgan fingerprint density at radius 2 is 2.06 bits per heavy atom. The number of ketones is 1. The second kappa shape index (κ2) is 5.09. The number of benzene rings is 1. The standard InChI is InChI=1S/C13H14BrFO/c14-9-6-7-12(15)11(8-9)10-4-2-1-3-5-13(10)16/h6-8,10H,1-5H2. The van der Waals surface area contributed by atoms with Gasteiger partial charge in [0.2, 0.25) is 0 Å². The molecule has 1 atom stereocenters. The van der Waals surface area contributed by atoms with Crippen LogP contribution in [0.3, 0.4) is 0 Å². The number of carbonyl (C=O) groups excluding carboxylic acids is 1. The molecule has 0 aromatic heterocycles. The molecule has 0 aliphatic heterocycles. The second-order valence-corrected chi connectivity index (χ2v) is 5.20. The Kier molecular flexibility index (Phi) is 3.74. The van der Waals surface area contributed by atoms with E-state index in [0.29, 0.717) is 12.0 Å². The number of rotatable bonds is 1. The first-order valence-corrected chi connectivity index (χ1v) is 6.45. The normalized spacial score (nSPS) is 21.9. The van der Waals surface area contributed by atoms with Crippen molar-refractivity contribution in [2.45, 2.75) is 38.0 Å². The molecule has 0 heterocycles. The maximum atomic E-state index is 13.7. The minimum absolute atomic E-state index is 0.189. The van der Waals surface area contributed by atoms with Crippen molar-refractivity contribution in [1.82, 2.24) is 0 Å². The number of hydrogen-bond donors (Lipinski definition) is 0. The van der Waals surface area contributed by atoms with Crippen molar-refractivity contribution in [3.8, 4) is 0 Å². The van der Waals surface area contributed by atoms with Crippen LogP contribution in [0.15, 0.2) is 22.7 Å². The van der Waals surface area contributed by atoms with Crippen LogP contribution in [0, 0.1) is 5.82 Å². The SMILES string of the molecule is O=C1CCCCCC1c1cc(Br)ccc1F. The van der Waals surface area contributed by atoms with Gasteiger partial charge in [0.15, 0.2) is 0 Å².